The summed E-state index contributed by atoms with van der Waals surface area (Å²) in [4.78, 5) is 9.14. The van der Waals surface area contributed by atoms with Crippen LogP contribution in [0, 0.1) is 0 Å². The summed E-state index contributed by atoms with van der Waals surface area (Å²) in [5, 5.41) is 0. The Balaban J connectivity index is 1.69. The summed E-state index contributed by atoms with van der Waals surface area (Å²) in [5.41, 5.74) is 7.99. The predicted octanol–water partition coefficient (Wildman–Crippen LogP) is 1.88. The molecule has 0 unspecified atom stereocenters. The van der Waals surface area contributed by atoms with Crippen LogP contribution in [0.5, 0.6) is 5.75 Å². The van der Waals surface area contributed by atoms with Gasteiger partial charge in [0.1, 0.15) is 11.6 Å². The van der Waals surface area contributed by atoms with Crippen molar-refractivity contribution in [2.24, 2.45) is 5.73 Å². The normalized spacial score (nSPS) is 15.0. The molecule has 0 amide bonds. The van der Waals surface area contributed by atoms with Crippen LogP contribution in [0.3, 0.4) is 0 Å². The fraction of sp³-hybridized carbons (Fsp3) is 0.353. The lowest BCUT2D eigenvalue weighted by atomic mass is 10.2. The molecule has 116 valence electrons. The van der Waals surface area contributed by atoms with Crippen LogP contribution in [-0.2, 0) is 6.54 Å². The predicted molar refractivity (Wildman–Crippen MR) is 89.5 cm³/mol. The van der Waals surface area contributed by atoms with E-state index in [4.69, 9.17) is 10.5 Å². The van der Waals surface area contributed by atoms with Crippen LogP contribution in [-0.4, -0.2) is 38.3 Å². The fourth-order valence-corrected chi connectivity index (χ4v) is 2.83. The van der Waals surface area contributed by atoms with E-state index in [9.17, 15) is 0 Å². The number of pyridine rings is 1. The van der Waals surface area contributed by atoms with Crippen LogP contribution < -0.4 is 20.3 Å². The van der Waals surface area contributed by atoms with Gasteiger partial charge in [0.05, 0.1) is 12.8 Å². The van der Waals surface area contributed by atoms with Gasteiger partial charge in [0.25, 0.3) is 0 Å². The van der Waals surface area contributed by atoms with Crippen molar-refractivity contribution in [3.8, 4) is 5.75 Å². The molecule has 0 radical (unpaired) electrons. The highest BCUT2D eigenvalue weighted by molar-refractivity contribution is 5.59. The van der Waals surface area contributed by atoms with Crippen molar-refractivity contribution >= 4 is 11.5 Å². The SMILES string of the molecule is COc1ccccc1N1CCN(c2cc(CN)ccn2)CC1. The Hall–Kier alpha value is -2.27. The van der Waals surface area contributed by atoms with E-state index >= 15 is 0 Å². The van der Waals surface area contributed by atoms with E-state index in [0.29, 0.717) is 6.54 Å². The van der Waals surface area contributed by atoms with Crippen molar-refractivity contribution < 1.29 is 4.74 Å². The molecule has 1 aliphatic rings. The Labute approximate surface area is 131 Å². The fourth-order valence-electron chi connectivity index (χ4n) is 2.83. The minimum absolute atomic E-state index is 0.552. The third-order valence-corrected chi connectivity index (χ3v) is 4.08. The molecule has 1 fully saturated rings. The highest BCUT2D eigenvalue weighted by atomic mass is 16.5. The first-order chi connectivity index (χ1) is 10.8. The number of hydrogen-bond donors (Lipinski definition) is 1. The van der Waals surface area contributed by atoms with Crippen molar-refractivity contribution in [2.75, 3.05) is 43.1 Å². The smallest absolute Gasteiger partial charge is 0.142 e. The molecular weight excluding hydrogens is 276 g/mol. The summed E-state index contributed by atoms with van der Waals surface area (Å²) in [6, 6.07) is 12.2. The number of hydrogen-bond acceptors (Lipinski definition) is 5. The molecule has 1 aromatic heterocycles. The molecule has 2 aromatic rings. The van der Waals surface area contributed by atoms with Crippen molar-refractivity contribution in [2.45, 2.75) is 6.54 Å². The molecule has 5 nitrogen and oxygen atoms in total. The van der Waals surface area contributed by atoms with E-state index in [0.717, 1.165) is 49.0 Å². The van der Waals surface area contributed by atoms with E-state index in [2.05, 4.69) is 33.0 Å². The molecule has 1 saturated heterocycles. The van der Waals surface area contributed by atoms with Gasteiger partial charge < -0.3 is 20.3 Å². The molecule has 3 rings (SSSR count). The van der Waals surface area contributed by atoms with Gasteiger partial charge in [-0.3, -0.25) is 0 Å². The van der Waals surface area contributed by atoms with Crippen LogP contribution >= 0.6 is 0 Å². The van der Waals surface area contributed by atoms with Gasteiger partial charge in [0, 0.05) is 38.9 Å². The number of ether oxygens (including phenoxy) is 1. The second kappa shape index (κ2) is 6.66. The monoisotopic (exact) mass is 298 g/mol. The third kappa shape index (κ3) is 2.99. The Morgan fingerprint density at radius 2 is 1.82 bits per heavy atom. The van der Waals surface area contributed by atoms with Crippen molar-refractivity contribution in [1.82, 2.24) is 4.98 Å². The molecule has 0 saturated carbocycles. The van der Waals surface area contributed by atoms with Crippen LogP contribution in [0.2, 0.25) is 0 Å². The Morgan fingerprint density at radius 1 is 1.09 bits per heavy atom. The van der Waals surface area contributed by atoms with Gasteiger partial charge in [-0.25, -0.2) is 4.98 Å². The van der Waals surface area contributed by atoms with Gasteiger partial charge >= 0.3 is 0 Å². The lowest BCUT2D eigenvalue weighted by Crippen LogP contribution is -2.47. The maximum atomic E-state index is 5.71. The van der Waals surface area contributed by atoms with Gasteiger partial charge in [-0.2, -0.15) is 0 Å². The summed E-state index contributed by atoms with van der Waals surface area (Å²) in [5.74, 6) is 1.95. The van der Waals surface area contributed by atoms with Crippen molar-refractivity contribution in [1.29, 1.82) is 0 Å². The number of aromatic nitrogens is 1. The Kier molecular flexibility index (Phi) is 4.44. The molecule has 0 atom stereocenters. The summed E-state index contributed by atoms with van der Waals surface area (Å²) in [7, 11) is 1.72. The van der Waals surface area contributed by atoms with Crippen LogP contribution in [0.25, 0.3) is 0 Å². The Bertz CT molecular complexity index is 624. The summed E-state index contributed by atoms with van der Waals surface area (Å²) in [6.45, 7) is 4.35. The molecule has 2 N–H and O–H groups in total. The minimum atomic E-state index is 0.552. The van der Waals surface area contributed by atoms with E-state index < -0.39 is 0 Å². The number of rotatable bonds is 4. The van der Waals surface area contributed by atoms with E-state index in [1.807, 2.05) is 24.4 Å². The molecule has 0 spiro atoms. The van der Waals surface area contributed by atoms with E-state index in [1.165, 1.54) is 0 Å². The van der Waals surface area contributed by atoms with Gasteiger partial charge in [-0.05, 0) is 29.8 Å². The minimum Gasteiger partial charge on any atom is -0.495 e. The second-order valence-electron chi connectivity index (χ2n) is 5.37. The summed E-state index contributed by atoms with van der Waals surface area (Å²) < 4.78 is 5.46. The first kappa shape index (κ1) is 14.7. The first-order valence-electron chi connectivity index (χ1n) is 7.59. The number of methoxy groups -OCH3 is 1. The van der Waals surface area contributed by atoms with Gasteiger partial charge in [-0.1, -0.05) is 12.1 Å². The molecule has 1 aromatic carbocycles. The van der Waals surface area contributed by atoms with E-state index in [-0.39, 0.29) is 0 Å². The summed E-state index contributed by atoms with van der Waals surface area (Å²) >= 11 is 0. The van der Waals surface area contributed by atoms with Gasteiger partial charge in [0.2, 0.25) is 0 Å². The highest BCUT2D eigenvalue weighted by Gasteiger charge is 2.20. The average Bonchev–Trinajstić information content (AvgIpc) is 2.62. The number of para-hydroxylation sites is 2. The highest BCUT2D eigenvalue weighted by Crippen LogP contribution is 2.28. The topological polar surface area (TPSA) is 54.6 Å². The molecule has 0 bridgehead atoms. The third-order valence-electron chi connectivity index (χ3n) is 4.08. The second-order valence-corrected chi connectivity index (χ2v) is 5.37. The molecule has 0 aliphatic carbocycles. The molecular formula is C17H22N4O. The van der Waals surface area contributed by atoms with Gasteiger partial charge in [0.15, 0.2) is 0 Å². The number of nitrogens with two attached hydrogens (primary N) is 1. The van der Waals surface area contributed by atoms with Crippen LogP contribution in [0.15, 0.2) is 42.6 Å². The maximum absolute atomic E-state index is 5.71. The van der Waals surface area contributed by atoms with Gasteiger partial charge in [-0.15, -0.1) is 0 Å². The number of benzene rings is 1. The molecule has 1 aliphatic heterocycles. The molecule has 2 heterocycles. The zero-order valence-electron chi connectivity index (χ0n) is 12.9. The maximum Gasteiger partial charge on any atom is 0.142 e. The number of anilines is 2. The van der Waals surface area contributed by atoms with Crippen LogP contribution in [0.4, 0.5) is 11.5 Å². The van der Waals surface area contributed by atoms with Crippen LogP contribution in [0.1, 0.15) is 5.56 Å². The lowest BCUT2D eigenvalue weighted by molar-refractivity contribution is 0.413. The van der Waals surface area contributed by atoms with Crippen molar-refractivity contribution in [3.05, 3.63) is 48.2 Å². The zero-order valence-corrected chi connectivity index (χ0v) is 12.9. The quantitative estimate of drug-likeness (QED) is 0.934. The molecule has 22 heavy (non-hydrogen) atoms. The van der Waals surface area contributed by atoms with Crippen molar-refractivity contribution in [3.63, 3.8) is 0 Å². The average molecular weight is 298 g/mol. The summed E-state index contributed by atoms with van der Waals surface area (Å²) in [6.07, 6.45) is 1.84. The Morgan fingerprint density at radius 3 is 2.55 bits per heavy atom. The number of piperazine rings is 1. The van der Waals surface area contributed by atoms with E-state index in [1.54, 1.807) is 7.11 Å². The first-order valence-corrected chi connectivity index (χ1v) is 7.59. The molecule has 5 heteroatoms. The number of nitrogens with zero attached hydrogens (tertiary/aromatic N) is 3. The lowest BCUT2D eigenvalue weighted by Gasteiger charge is -2.37. The standard InChI is InChI=1S/C17H22N4O/c1-22-16-5-3-2-4-15(16)20-8-10-21(11-9-20)17-12-14(13-18)6-7-19-17/h2-7,12H,8-11,13,18H2,1H3. The zero-order chi connectivity index (χ0) is 15.4. The largest absolute Gasteiger partial charge is 0.495 e.